The van der Waals surface area contributed by atoms with E-state index in [4.69, 9.17) is 0 Å². The predicted octanol–water partition coefficient (Wildman–Crippen LogP) is 3.93. The molecule has 1 atom stereocenters. The van der Waals surface area contributed by atoms with Gasteiger partial charge in [-0.3, -0.25) is 0 Å². The Morgan fingerprint density at radius 1 is 1.07 bits per heavy atom. The van der Waals surface area contributed by atoms with Gasteiger partial charge >= 0.3 is 0 Å². The normalized spacial score (nSPS) is 20.8. The van der Waals surface area contributed by atoms with E-state index in [1.54, 1.807) is 0 Å². The van der Waals surface area contributed by atoms with Crippen LogP contribution in [0.1, 0.15) is 59.8 Å². The van der Waals surface area contributed by atoms with E-state index >= 15 is 0 Å². The zero-order chi connectivity index (χ0) is 11.3. The smallest absolute Gasteiger partial charge is 0.00159 e. The average Bonchev–Trinajstić information content (AvgIpc) is 2.62. The Morgan fingerprint density at radius 3 is 2.13 bits per heavy atom. The van der Waals surface area contributed by atoms with Crippen molar-refractivity contribution in [1.82, 2.24) is 4.90 Å². The standard InChI is InChI=1S/C14H29N/c1-5-8-13(14(2,3)4)9-12-15-10-6-7-11-15/h13H,5-12H2,1-4H3. The van der Waals surface area contributed by atoms with Crippen LogP contribution in [0.25, 0.3) is 0 Å². The molecule has 0 aromatic carbocycles. The van der Waals surface area contributed by atoms with Crippen LogP contribution in [0.4, 0.5) is 0 Å². The van der Waals surface area contributed by atoms with E-state index < -0.39 is 0 Å². The lowest BCUT2D eigenvalue weighted by Gasteiger charge is -2.32. The number of nitrogens with zero attached hydrogens (tertiary/aromatic N) is 1. The number of hydrogen-bond acceptors (Lipinski definition) is 1. The van der Waals surface area contributed by atoms with E-state index in [9.17, 15) is 0 Å². The van der Waals surface area contributed by atoms with Crippen LogP contribution in [0.2, 0.25) is 0 Å². The van der Waals surface area contributed by atoms with E-state index in [2.05, 4.69) is 32.6 Å². The summed E-state index contributed by atoms with van der Waals surface area (Å²) in [5.41, 5.74) is 0.496. The first kappa shape index (κ1) is 13.0. The van der Waals surface area contributed by atoms with Crippen LogP contribution in [0.15, 0.2) is 0 Å². The molecule has 1 rings (SSSR count). The van der Waals surface area contributed by atoms with Crippen LogP contribution in [0.3, 0.4) is 0 Å². The third-order valence-electron chi connectivity index (χ3n) is 3.85. The van der Waals surface area contributed by atoms with E-state index in [-0.39, 0.29) is 0 Å². The van der Waals surface area contributed by atoms with Gasteiger partial charge in [0.05, 0.1) is 0 Å². The Bertz CT molecular complexity index is 163. The monoisotopic (exact) mass is 211 g/mol. The highest BCUT2D eigenvalue weighted by atomic mass is 15.1. The first-order valence-corrected chi connectivity index (χ1v) is 6.76. The van der Waals surface area contributed by atoms with Crippen LogP contribution in [0, 0.1) is 11.3 Å². The first-order chi connectivity index (χ1) is 7.04. The Balaban J connectivity index is 2.30. The van der Waals surface area contributed by atoms with Gasteiger partial charge in [0.15, 0.2) is 0 Å². The molecule has 0 aromatic rings. The number of rotatable bonds is 5. The molecule has 0 bridgehead atoms. The van der Waals surface area contributed by atoms with Crippen molar-refractivity contribution < 1.29 is 0 Å². The molecule has 1 heteroatoms. The van der Waals surface area contributed by atoms with Gasteiger partial charge < -0.3 is 4.90 Å². The molecule has 1 nitrogen and oxygen atoms in total. The Hall–Kier alpha value is -0.0400. The lowest BCUT2D eigenvalue weighted by Crippen LogP contribution is -2.27. The third-order valence-corrected chi connectivity index (χ3v) is 3.85. The van der Waals surface area contributed by atoms with Crippen molar-refractivity contribution in [2.24, 2.45) is 11.3 Å². The zero-order valence-corrected chi connectivity index (χ0v) is 11.2. The van der Waals surface area contributed by atoms with Crippen molar-refractivity contribution in [2.45, 2.75) is 59.8 Å². The molecule has 1 fully saturated rings. The van der Waals surface area contributed by atoms with Gasteiger partial charge in [-0.15, -0.1) is 0 Å². The summed E-state index contributed by atoms with van der Waals surface area (Å²) in [7, 11) is 0. The lowest BCUT2D eigenvalue weighted by atomic mass is 9.76. The van der Waals surface area contributed by atoms with Crippen molar-refractivity contribution in [3.8, 4) is 0 Å². The quantitative estimate of drug-likeness (QED) is 0.666. The van der Waals surface area contributed by atoms with Crippen LogP contribution in [0.5, 0.6) is 0 Å². The summed E-state index contributed by atoms with van der Waals surface area (Å²) in [4.78, 5) is 2.65. The minimum absolute atomic E-state index is 0.496. The van der Waals surface area contributed by atoms with Crippen molar-refractivity contribution >= 4 is 0 Å². The summed E-state index contributed by atoms with van der Waals surface area (Å²) in [6, 6.07) is 0. The summed E-state index contributed by atoms with van der Waals surface area (Å²) in [6.07, 6.45) is 6.98. The second-order valence-corrected chi connectivity index (χ2v) is 6.19. The SMILES string of the molecule is CCCC(CCN1CCCC1)C(C)(C)C. The maximum atomic E-state index is 2.65. The van der Waals surface area contributed by atoms with Gasteiger partial charge in [0.2, 0.25) is 0 Å². The predicted molar refractivity (Wildman–Crippen MR) is 68.1 cm³/mol. The van der Waals surface area contributed by atoms with Gasteiger partial charge in [-0.1, -0.05) is 40.5 Å². The van der Waals surface area contributed by atoms with Crippen molar-refractivity contribution in [1.29, 1.82) is 0 Å². The fraction of sp³-hybridized carbons (Fsp3) is 1.00. The molecule has 1 unspecified atom stereocenters. The Morgan fingerprint density at radius 2 is 1.67 bits per heavy atom. The molecule has 1 aliphatic heterocycles. The lowest BCUT2D eigenvalue weighted by molar-refractivity contribution is 0.183. The van der Waals surface area contributed by atoms with Crippen LogP contribution in [-0.2, 0) is 0 Å². The van der Waals surface area contributed by atoms with E-state index in [1.165, 1.54) is 51.7 Å². The Kier molecular flexibility index (Phi) is 5.11. The molecule has 90 valence electrons. The van der Waals surface area contributed by atoms with Gasteiger partial charge in [-0.25, -0.2) is 0 Å². The third kappa shape index (κ3) is 4.55. The fourth-order valence-corrected chi connectivity index (χ4v) is 2.70. The number of hydrogen-bond donors (Lipinski definition) is 0. The second kappa shape index (κ2) is 5.89. The Labute approximate surface area is 96.2 Å². The summed E-state index contributed by atoms with van der Waals surface area (Å²) in [5, 5.41) is 0. The molecule has 0 aromatic heterocycles. The topological polar surface area (TPSA) is 3.24 Å². The van der Waals surface area contributed by atoms with Crippen molar-refractivity contribution in [3.05, 3.63) is 0 Å². The van der Waals surface area contributed by atoms with Crippen LogP contribution in [-0.4, -0.2) is 24.5 Å². The molecule has 0 saturated carbocycles. The molecule has 0 spiro atoms. The largest absolute Gasteiger partial charge is 0.303 e. The van der Waals surface area contributed by atoms with Gasteiger partial charge in [0.1, 0.15) is 0 Å². The molecular weight excluding hydrogens is 182 g/mol. The number of likely N-dealkylation sites (tertiary alicyclic amines) is 1. The molecule has 0 N–H and O–H groups in total. The highest BCUT2D eigenvalue weighted by molar-refractivity contribution is 4.76. The first-order valence-electron chi connectivity index (χ1n) is 6.76. The van der Waals surface area contributed by atoms with Gasteiger partial charge in [-0.05, 0) is 50.2 Å². The molecular formula is C14H29N. The minimum atomic E-state index is 0.496. The van der Waals surface area contributed by atoms with Crippen molar-refractivity contribution in [3.63, 3.8) is 0 Å². The van der Waals surface area contributed by atoms with Gasteiger partial charge in [-0.2, -0.15) is 0 Å². The summed E-state index contributed by atoms with van der Waals surface area (Å²) >= 11 is 0. The molecule has 0 radical (unpaired) electrons. The highest BCUT2D eigenvalue weighted by Crippen LogP contribution is 2.32. The fourth-order valence-electron chi connectivity index (χ4n) is 2.70. The highest BCUT2D eigenvalue weighted by Gasteiger charge is 2.24. The van der Waals surface area contributed by atoms with E-state index in [0.717, 1.165) is 5.92 Å². The molecule has 1 heterocycles. The summed E-state index contributed by atoms with van der Waals surface area (Å²) in [5.74, 6) is 0.906. The molecule has 15 heavy (non-hydrogen) atoms. The van der Waals surface area contributed by atoms with Crippen molar-refractivity contribution in [2.75, 3.05) is 19.6 Å². The average molecular weight is 211 g/mol. The zero-order valence-electron chi connectivity index (χ0n) is 11.2. The molecule has 0 amide bonds. The summed E-state index contributed by atoms with van der Waals surface area (Å²) < 4.78 is 0. The molecule has 1 aliphatic rings. The van der Waals surface area contributed by atoms with Crippen LogP contribution < -0.4 is 0 Å². The maximum Gasteiger partial charge on any atom is -0.00159 e. The molecule has 0 aliphatic carbocycles. The second-order valence-electron chi connectivity index (χ2n) is 6.19. The molecule has 1 saturated heterocycles. The van der Waals surface area contributed by atoms with E-state index in [1.807, 2.05) is 0 Å². The maximum absolute atomic E-state index is 2.65. The summed E-state index contributed by atoms with van der Waals surface area (Å²) in [6.45, 7) is 13.6. The van der Waals surface area contributed by atoms with E-state index in [0.29, 0.717) is 5.41 Å². The van der Waals surface area contributed by atoms with Crippen LogP contribution >= 0.6 is 0 Å². The van der Waals surface area contributed by atoms with Gasteiger partial charge in [0.25, 0.3) is 0 Å². The van der Waals surface area contributed by atoms with Gasteiger partial charge in [0, 0.05) is 0 Å². The minimum Gasteiger partial charge on any atom is -0.303 e.